The molecule has 0 radical (unpaired) electrons. The number of carbonyl (C=O) groups excluding carboxylic acids is 1. The van der Waals surface area contributed by atoms with Crippen LogP contribution in [-0.4, -0.2) is 104 Å². The zero-order chi connectivity index (χ0) is 24.9. The van der Waals surface area contributed by atoms with Crippen molar-refractivity contribution in [2.45, 2.75) is 45.1 Å². The molecule has 3 heterocycles. The Morgan fingerprint density at radius 1 is 1.09 bits per heavy atom. The average molecular weight is 512 g/mol. The first kappa shape index (κ1) is 25.9. The van der Waals surface area contributed by atoms with Crippen molar-refractivity contribution < 1.29 is 27.4 Å². The minimum Gasteiger partial charge on any atom is -0.476 e. The molecule has 12 heteroatoms. The summed E-state index contributed by atoms with van der Waals surface area (Å²) in [4.78, 5) is 24.9. The van der Waals surface area contributed by atoms with E-state index in [0.29, 0.717) is 70.1 Å². The molecule has 196 valence electrons. The van der Waals surface area contributed by atoms with E-state index >= 15 is 0 Å². The van der Waals surface area contributed by atoms with Gasteiger partial charge in [0.1, 0.15) is 11.4 Å². The highest BCUT2D eigenvalue weighted by molar-refractivity contribution is 7.89. The standard InChI is InChI=1S/C23H37N5O6S/c1-3-32-14-15-35(30,31)28-12-10-26(11-13-28)20-16-25-21(17-24-20)33-18-19-4-8-27(9-5-19)22(29)34-23(2)6-7-23/h16-17,19H,3-15,18H2,1-2H3. The summed E-state index contributed by atoms with van der Waals surface area (Å²) in [5.41, 5.74) is -0.239. The van der Waals surface area contributed by atoms with Crippen molar-refractivity contribution in [2.24, 2.45) is 5.92 Å². The minimum atomic E-state index is -3.30. The van der Waals surface area contributed by atoms with Crippen molar-refractivity contribution in [1.82, 2.24) is 19.2 Å². The van der Waals surface area contributed by atoms with Crippen molar-refractivity contribution in [3.05, 3.63) is 12.4 Å². The second-order valence-electron chi connectivity index (χ2n) is 9.67. The van der Waals surface area contributed by atoms with Gasteiger partial charge in [0.15, 0.2) is 0 Å². The van der Waals surface area contributed by atoms with Gasteiger partial charge in [-0.15, -0.1) is 0 Å². The molecule has 1 aromatic rings. The summed E-state index contributed by atoms with van der Waals surface area (Å²) >= 11 is 0. The zero-order valence-electron chi connectivity index (χ0n) is 20.7. The first-order valence-corrected chi connectivity index (χ1v) is 14.1. The highest BCUT2D eigenvalue weighted by atomic mass is 32.2. The lowest BCUT2D eigenvalue weighted by atomic mass is 9.98. The number of piperidine rings is 1. The largest absolute Gasteiger partial charge is 0.476 e. The predicted molar refractivity (Wildman–Crippen MR) is 130 cm³/mol. The molecule has 0 aromatic carbocycles. The Morgan fingerprint density at radius 2 is 1.80 bits per heavy atom. The van der Waals surface area contributed by atoms with Gasteiger partial charge in [-0.1, -0.05) is 0 Å². The van der Waals surface area contributed by atoms with Gasteiger partial charge in [-0.25, -0.2) is 23.2 Å². The van der Waals surface area contributed by atoms with Crippen LogP contribution in [0.25, 0.3) is 0 Å². The molecular formula is C23H37N5O6S. The molecule has 1 amide bonds. The fourth-order valence-corrected chi connectivity index (χ4v) is 5.53. The number of hydrogen-bond donors (Lipinski definition) is 0. The van der Waals surface area contributed by atoms with Gasteiger partial charge in [-0.3, -0.25) is 0 Å². The van der Waals surface area contributed by atoms with Crippen molar-refractivity contribution in [2.75, 3.05) is 69.7 Å². The summed E-state index contributed by atoms with van der Waals surface area (Å²) in [6.07, 6.45) is 6.74. The predicted octanol–water partition coefficient (Wildman–Crippen LogP) is 1.74. The Balaban J connectivity index is 1.16. The third-order valence-electron chi connectivity index (χ3n) is 6.89. The minimum absolute atomic E-state index is 0.00916. The normalized spacial score (nSPS) is 21.1. The van der Waals surface area contributed by atoms with Gasteiger partial charge in [0.2, 0.25) is 15.9 Å². The maximum absolute atomic E-state index is 12.4. The number of rotatable bonds is 10. The number of aromatic nitrogens is 2. The number of piperazine rings is 1. The summed E-state index contributed by atoms with van der Waals surface area (Å²) in [5, 5.41) is 0. The van der Waals surface area contributed by atoms with Crippen LogP contribution in [0.2, 0.25) is 0 Å². The smallest absolute Gasteiger partial charge is 0.410 e. The van der Waals surface area contributed by atoms with Gasteiger partial charge >= 0.3 is 6.09 Å². The third kappa shape index (κ3) is 7.17. The summed E-state index contributed by atoms with van der Waals surface area (Å²) < 4.78 is 42.9. The SMILES string of the molecule is CCOCCS(=O)(=O)N1CCN(c2cnc(OCC3CCN(C(=O)OC4(C)CC4)CC3)cn2)CC1. The molecule has 2 aliphatic heterocycles. The lowest BCUT2D eigenvalue weighted by molar-refractivity contribution is 0.0454. The highest BCUT2D eigenvalue weighted by Gasteiger charge is 2.43. The van der Waals surface area contributed by atoms with Crippen molar-refractivity contribution in [1.29, 1.82) is 0 Å². The van der Waals surface area contributed by atoms with Crippen LogP contribution < -0.4 is 9.64 Å². The Morgan fingerprint density at radius 3 is 2.40 bits per heavy atom. The van der Waals surface area contributed by atoms with E-state index in [9.17, 15) is 13.2 Å². The molecule has 4 rings (SSSR count). The van der Waals surface area contributed by atoms with Crippen LogP contribution in [0, 0.1) is 5.92 Å². The van der Waals surface area contributed by atoms with Crippen LogP contribution in [0.15, 0.2) is 12.4 Å². The van der Waals surface area contributed by atoms with E-state index in [-0.39, 0.29) is 24.1 Å². The van der Waals surface area contributed by atoms with Gasteiger partial charge in [-0.05, 0) is 45.4 Å². The van der Waals surface area contributed by atoms with Gasteiger partial charge in [0, 0.05) is 45.9 Å². The number of likely N-dealkylation sites (tertiary alicyclic amines) is 1. The third-order valence-corrected chi connectivity index (χ3v) is 8.72. The van der Waals surface area contributed by atoms with Crippen LogP contribution in [0.5, 0.6) is 5.88 Å². The molecule has 35 heavy (non-hydrogen) atoms. The summed E-state index contributed by atoms with van der Waals surface area (Å²) in [7, 11) is -3.30. The molecule has 1 aliphatic carbocycles. The number of sulfonamides is 1. The number of anilines is 1. The molecule has 0 bridgehead atoms. The van der Waals surface area contributed by atoms with Crippen molar-refractivity contribution in [3.8, 4) is 5.88 Å². The lowest BCUT2D eigenvalue weighted by Crippen LogP contribution is -2.49. The van der Waals surface area contributed by atoms with Gasteiger partial charge < -0.3 is 24.0 Å². The van der Waals surface area contributed by atoms with Crippen molar-refractivity contribution >= 4 is 21.9 Å². The molecule has 0 N–H and O–H groups in total. The molecular weight excluding hydrogens is 474 g/mol. The second-order valence-corrected chi connectivity index (χ2v) is 11.8. The average Bonchev–Trinajstić information content (AvgIpc) is 3.60. The topological polar surface area (TPSA) is 114 Å². The lowest BCUT2D eigenvalue weighted by Gasteiger charge is -2.34. The van der Waals surface area contributed by atoms with Crippen molar-refractivity contribution in [3.63, 3.8) is 0 Å². The first-order chi connectivity index (χ1) is 16.8. The fraction of sp³-hybridized carbons (Fsp3) is 0.783. The molecule has 0 spiro atoms. The van der Waals surface area contributed by atoms with E-state index in [4.69, 9.17) is 14.2 Å². The molecule has 0 unspecified atom stereocenters. The molecule has 11 nitrogen and oxygen atoms in total. The highest BCUT2D eigenvalue weighted by Crippen LogP contribution is 2.39. The molecule has 1 saturated carbocycles. The Bertz CT molecular complexity index is 940. The Kier molecular flexibility index (Phi) is 8.33. The van der Waals surface area contributed by atoms with Crippen LogP contribution in [-0.2, 0) is 19.5 Å². The van der Waals surface area contributed by atoms with E-state index in [1.165, 1.54) is 4.31 Å². The molecule has 0 atom stereocenters. The van der Waals surface area contributed by atoms with Gasteiger partial charge in [-0.2, -0.15) is 4.31 Å². The number of ether oxygens (including phenoxy) is 3. The first-order valence-electron chi connectivity index (χ1n) is 12.5. The van der Waals surface area contributed by atoms with E-state index in [1.54, 1.807) is 17.3 Å². The summed E-state index contributed by atoms with van der Waals surface area (Å²) in [6.45, 7) is 8.41. The molecule has 3 aliphatic rings. The second kappa shape index (κ2) is 11.3. The Hall–Kier alpha value is -2.18. The number of nitrogens with zero attached hydrogens (tertiary/aromatic N) is 5. The van der Waals surface area contributed by atoms with E-state index in [0.717, 1.165) is 25.7 Å². The van der Waals surface area contributed by atoms with E-state index in [1.807, 2.05) is 18.7 Å². The fourth-order valence-electron chi connectivity index (χ4n) is 4.22. The number of hydrogen-bond acceptors (Lipinski definition) is 9. The maximum atomic E-state index is 12.4. The van der Waals surface area contributed by atoms with Crippen LogP contribution in [0.3, 0.4) is 0 Å². The number of amides is 1. The summed E-state index contributed by atoms with van der Waals surface area (Å²) in [6, 6.07) is 0. The van der Waals surface area contributed by atoms with Crippen LogP contribution >= 0.6 is 0 Å². The molecule has 1 aromatic heterocycles. The maximum Gasteiger partial charge on any atom is 0.410 e. The van der Waals surface area contributed by atoms with Gasteiger partial charge in [0.05, 0.1) is 31.4 Å². The molecule has 2 saturated heterocycles. The quantitative estimate of drug-likeness (QED) is 0.433. The monoisotopic (exact) mass is 511 g/mol. The van der Waals surface area contributed by atoms with Crippen LogP contribution in [0.4, 0.5) is 10.6 Å². The Labute approximate surface area is 207 Å². The van der Waals surface area contributed by atoms with E-state index in [2.05, 4.69) is 9.97 Å². The molecule has 3 fully saturated rings. The van der Waals surface area contributed by atoms with E-state index < -0.39 is 10.0 Å². The zero-order valence-corrected chi connectivity index (χ0v) is 21.5. The van der Waals surface area contributed by atoms with Gasteiger partial charge in [0.25, 0.3) is 0 Å². The summed E-state index contributed by atoms with van der Waals surface area (Å²) in [5.74, 6) is 1.54. The number of carbonyl (C=O) groups is 1. The van der Waals surface area contributed by atoms with Crippen LogP contribution in [0.1, 0.15) is 39.5 Å².